The van der Waals surface area contributed by atoms with Gasteiger partial charge < -0.3 is 5.32 Å². The second kappa shape index (κ2) is 11.9. The Bertz CT molecular complexity index is 219. The Balaban J connectivity index is 2.35. The highest BCUT2D eigenvalue weighted by molar-refractivity contribution is 7.99. The first-order valence-electron chi connectivity index (χ1n) is 9.10. The van der Waals surface area contributed by atoms with Gasteiger partial charge in [-0.15, -0.1) is 0 Å². The summed E-state index contributed by atoms with van der Waals surface area (Å²) in [5.41, 5.74) is 0. The molecule has 1 rings (SSSR count). The van der Waals surface area contributed by atoms with Gasteiger partial charge in [-0.2, -0.15) is 11.8 Å². The lowest BCUT2D eigenvalue weighted by Gasteiger charge is -2.36. The Morgan fingerprint density at radius 2 is 1.85 bits per heavy atom. The van der Waals surface area contributed by atoms with Gasteiger partial charge in [0.1, 0.15) is 0 Å². The average Bonchev–Trinajstić information content (AvgIpc) is 2.46. The number of hydrogen-bond donors (Lipinski definition) is 1. The molecular weight excluding hydrogens is 262 g/mol. The van der Waals surface area contributed by atoms with Gasteiger partial charge in [-0.25, -0.2) is 0 Å². The van der Waals surface area contributed by atoms with E-state index in [2.05, 4.69) is 37.8 Å². The first-order valence-corrected chi connectivity index (χ1v) is 10.3. The van der Waals surface area contributed by atoms with E-state index in [1.165, 1.54) is 76.0 Å². The predicted octanol–water partition coefficient (Wildman–Crippen LogP) is 5.35. The van der Waals surface area contributed by atoms with Crippen LogP contribution in [0.2, 0.25) is 0 Å². The molecule has 3 atom stereocenters. The van der Waals surface area contributed by atoms with Crippen LogP contribution in [0.4, 0.5) is 0 Å². The van der Waals surface area contributed by atoms with Gasteiger partial charge in [0.2, 0.25) is 0 Å². The molecule has 1 N–H and O–H groups in total. The fourth-order valence-corrected chi connectivity index (χ4v) is 4.43. The molecule has 1 nitrogen and oxygen atoms in total. The Labute approximate surface area is 132 Å². The Hall–Kier alpha value is 0.310. The van der Waals surface area contributed by atoms with Gasteiger partial charge in [-0.1, -0.05) is 40.0 Å². The van der Waals surface area contributed by atoms with Crippen molar-refractivity contribution in [3.8, 4) is 0 Å². The van der Waals surface area contributed by atoms with Crippen molar-refractivity contribution in [2.45, 2.75) is 72.1 Å². The van der Waals surface area contributed by atoms with Crippen LogP contribution in [0.15, 0.2) is 0 Å². The Morgan fingerprint density at radius 1 is 1.00 bits per heavy atom. The van der Waals surface area contributed by atoms with Crippen LogP contribution < -0.4 is 5.32 Å². The van der Waals surface area contributed by atoms with E-state index in [0.29, 0.717) is 0 Å². The molecule has 0 aromatic carbocycles. The minimum Gasteiger partial charge on any atom is -0.316 e. The molecule has 0 saturated heterocycles. The average molecular weight is 300 g/mol. The molecule has 3 unspecified atom stereocenters. The van der Waals surface area contributed by atoms with E-state index >= 15 is 0 Å². The summed E-state index contributed by atoms with van der Waals surface area (Å²) in [7, 11) is 0. The minimum atomic E-state index is 0.960. The summed E-state index contributed by atoms with van der Waals surface area (Å²) in [6.45, 7) is 9.37. The first-order chi connectivity index (χ1) is 9.81. The molecule has 0 aromatic heterocycles. The van der Waals surface area contributed by atoms with Gasteiger partial charge in [-0.3, -0.25) is 0 Å². The maximum Gasteiger partial charge on any atom is -0.00179 e. The van der Waals surface area contributed by atoms with Gasteiger partial charge in [0.15, 0.2) is 0 Å². The van der Waals surface area contributed by atoms with Gasteiger partial charge in [-0.05, 0) is 74.5 Å². The lowest BCUT2D eigenvalue weighted by Crippen LogP contribution is -2.33. The van der Waals surface area contributed by atoms with E-state index in [9.17, 15) is 0 Å². The van der Waals surface area contributed by atoms with Crippen molar-refractivity contribution in [2.24, 2.45) is 17.8 Å². The van der Waals surface area contributed by atoms with Crippen LogP contribution in [0.1, 0.15) is 72.1 Å². The molecule has 20 heavy (non-hydrogen) atoms. The van der Waals surface area contributed by atoms with Crippen molar-refractivity contribution in [3.63, 3.8) is 0 Å². The number of thioether (sulfide) groups is 1. The van der Waals surface area contributed by atoms with Crippen molar-refractivity contribution in [1.29, 1.82) is 0 Å². The Kier molecular flexibility index (Phi) is 10.9. The molecule has 0 spiro atoms. The van der Waals surface area contributed by atoms with Crippen molar-refractivity contribution < 1.29 is 0 Å². The largest absolute Gasteiger partial charge is 0.316 e. The van der Waals surface area contributed by atoms with Gasteiger partial charge >= 0.3 is 0 Å². The maximum atomic E-state index is 3.68. The zero-order valence-corrected chi connectivity index (χ0v) is 14.9. The molecule has 0 amide bonds. The number of rotatable bonds is 11. The van der Waals surface area contributed by atoms with E-state index < -0.39 is 0 Å². The summed E-state index contributed by atoms with van der Waals surface area (Å²) in [4.78, 5) is 0. The lowest BCUT2D eigenvalue weighted by molar-refractivity contribution is 0.159. The lowest BCUT2D eigenvalue weighted by atomic mass is 9.71. The highest BCUT2D eigenvalue weighted by atomic mass is 32.2. The number of nitrogens with one attached hydrogen (secondary N) is 1. The van der Waals surface area contributed by atoms with Crippen LogP contribution in [0.25, 0.3) is 0 Å². The van der Waals surface area contributed by atoms with Crippen molar-refractivity contribution in [2.75, 3.05) is 24.6 Å². The predicted molar refractivity (Wildman–Crippen MR) is 94.6 cm³/mol. The van der Waals surface area contributed by atoms with Crippen LogP contribution in [-0.2, 0) is 0 Å². The van der Waals surface area contributed by atoms with E-state index in [4.69, 9.17) is 0 Å². The molecule has 0 radical (unpaired) electrons. The van der Waals surface area contributed by atoms with Crippen molar-refractivity contribution >= 4 is 11.8 Å². The molecule has 1 aliphatic carbocycles. The summed E-state index contributed by atoms with van der Waals surface area (Å²) >= 11 is 2.11. The van der Waals surface area contributed by atoms with Crippen LogP contribution in [0, 0.1) is 17.8 Å². The molecular formula is C18H37NS. The third-order valence-corrected chi connectivity index (χ3v) is 5.83. The third-order valence-electron chi connectivity index (χ3n) is 4.85. The highest BCUT2D eigenvalue weighted by Gasteiger charge is 2.29. The molecule has 1 fully saturated rings. The van der Waals surface area contributed by atoms with Gasteiger partial charge in [0.25, 0.3) is 0 Å². The summed E-state index contributed by atoms with van der Waals surface area (Å²) in [6, 6.07) is 0. The summed E-state index contributed by atoms with van der Waals surface area (Å²) < 4.78 is 0. The standard InChI is InChI=1S/C18H37NS/c1-4-8-16-10-11-18(15-19-12-5-2)17(14-16)9-7-13-20-6-3/h16-19H,4-15H2,1-3H3. The first kappa shape index (κ1) is 18.4. The molecule has 0 heterocycles. The molecule has 0 aliphatic heterocycles. The second-order valence-corrected chi connectivity index (χ2v) is 7.93. The SMILES string of the molecule is CCCNCC1CCC(CCC)CC1CCCSCC. The number of hydrogen-bond acceptors (Lipinski definition) is 2. The van der Waals surface area contributed by atoms with Crippen molar-refractivity contribution in [3.05, 3.63) is 0 Å². The monoisotopic (exact) mass is 299 g/mol. The quantitative estimate of drug-likeness (QED) is 0.516. The van der Waals surface area contributed by atoms with E-state index in [1.54, 1.807) is 0 Å². The Morgan fingerprint density at radius 3 is 2.55 bits per heavy atom. The topological polar surface area (TPSA) is 12.0 Å². The smallest absolute Gasteiger partial charge is 0.00179 e. The van der Waals surface area contributed by atoms with Crippen LogP contribution in [0.3, 0.4) is 0 Å². The third kappa shape index (κ3) is 7.36. The fourth-order valence-electron chi connectivity index (χ4n) is 3.77. The van der Waals surface area contributed by atoms with E-state index in [-0.39, 0.29) is 0 Å². The maximum absolute atomic E-state index is 3.68. The molecule has 0 aromatic rings. The van der Waals surface area contributed by atoms with Crippen LogP contribution in [0.5, 0.6) is 0 Å². The molecule has 0 bridgehead atoms. The summed E-state index contributed by atoms with van der Waals surface area (Å²) in [5, 5.41) is 3.68. The van der Waals surface area contributed by atoms with Crippen LogP contribution in [-0.4, -0.2) is 24.6 Å². The highest BCUT2D eigenvalue weighted by Crippen LogP contribution is 2.38. The molecule has 120 valence electrons. The van der Waals surface area contributed by atoms with Crippen LogP contribution >= 0.6 is 11.8 Å². The molecule has 1 saturated carbocycles. The van der Waals surface area contributed by atoms with E-state index in [1.807, 2.05) is 0 Å². The van der Waals surface area contributed by atoms with E-state index in [0.717, 1.165) is 17.8 Å². The molecule has 2 heteroatoms. The minimum absolute atomic E-state index is 0.960. The van der Waals surface area contributed by atoms with Gasteiger partial charge in [0, 0.05) is 0 Å². The van der Waals surface area contributed by atoms with Gasteiger partial charge in [0.05, 0.1) is 0 Å². The second-order valence-electron chi connectivity index (χ2n) is 6.53. The zero-order valence-electron chi connectivity index (χ0n) is 14.1. The fraction of sp³-hybridized carbons (Fsp3) is 1.00. The summed E-state index contributed by atoms with van der Waals surface area (Å²) in [6.07, 6.45) is 11.5. The molecule has 1 aliphatic rings. The van der Waals surface area contributed by atoms with Crippen molar-refractivity contribution in [1.82, 2.24) is 5.32 Å². The zero-order chi connectivity index (χ0) is 14.6. The summed E-state index contributed by atoms with van der Waals surface area (Å²) in [5.74, 6) is 5.65. The normalized spacial score (nSPS) is 26.9.